The largest absolute Gasteiger partial charge is 0.464 e. The van der Waals surface area contributed by atoms with Gasteiger partial charge in [-0.05, 0) is 109 Å². The molecule has 0 aromatic rings. The molecule has 0 aromatic carbocycles. The highest BCUT2D eigenvalue weighted by atomic mass is 16.5. The Morgan fingerprint density at radius 1 is 0.632 bits per heavy atom. The lowest BCUT2D eigenvalue weighted by Gasteiger charge is -2.60. The third-order valence-corrected chi connectivity index (χ3v) is 8.28. The number of rotatable bonds is 9. The second-order valence-corrected chi connectivity index (χ2v) is 15.5. The van der Waals surface area contributed by atoms with Gasteiger partial charge in [0, 0.05) is 22.2 Å². The highest BCUT2D eigenvalue weighted by molar-refractivity contribution is 5.77. The summed E-state index contributed by atoms with van der Waals surface area (Å²) in [5, 5.41) is 20.7. The number of nitrogens with zero attached hydrogens (tertiary/aromatic N) is 2. The standard InChI is InChI=1S/C30H56N2O6/c1-25(2)15-21(33)16-26(3,4)31(25)29(9,10)19-37-23(35)13-14-24(36)38-20-30(11,12)32-27(5,6)17-22(34)18-28(32,7)8/h21-22,33-34H,13-20H2,1-12H3. The summed E-state index contributed by atoms with van der Waals surface area (Å²) in [7, 11) is 0. The lowest BCUT2D eigenvalue weighted by Crippen LogP contribution is -2.69. The summed E-state index contributed by atoms with van der Waals surface area (Å²) in [4.78, 5) is 29.9. The highest BCUT2D eigenvalue weighted by Gasteiger charge is 2.52. The van der Waals surface area contributed by atoms with Crippen LogP contribution in [0.2, 0.25) is 0 Å². The smallest absolute Gasteiger partial charge is 0.306 e. The van der Waals surface area contributed by atoms with Crippen molar-refractivity contribution >= 4 is 11.9 Å². The lowest BCUT2D eigenvalue weighted by atomic mass is 9.74. The fourth-order valence-corrected chi connectivity index (χ4v) is 8.72. The number of carbonyl (C=O) groups is 2. The zero-order chi connectivity index (χ0) is 29.5. The van der Waals surface area contributed by atoms with Crippen LogP contribution >= 0.6 is 0 Å². The topological polar surface area (TPSA) is 99.5 Å². The van der Waals surface area contributed by atoms with Gasteiger partial charge < -0.3 is 19.7 Å². The third-order valence-electron chi connectivity index (χ3n) is 8.28. The van der Waals surface area contributed by atoms with Crippen molar-refractivity contribution in [2.24, 2.45) is 0 Å². The fraction of sp³-hybridized carbons (Fsp3) is 0.933. The van der Waals surface area contributed by atoms with E-state index < -0.39 is 23.0 Å². The molecule has 0 aromatic heterocycles. The third kappa shape index (κ3) is 7.70. The van der Waals surface area contributed by atoms with Crippen molar-refractivity contribution < 1.29 is 29.3 Å². The van der Waals surface area contributed by atoms with Crippen LogP contribution in [0.4, 0.5) is 0 Å². The van der Waals surface area contributed by atoms with Gasteiger partial charge in [-0.15, -0.1) is 0 Å². The van der Waals surface area contributed by atoms with Crippen molar-refractivity contribution in [3.63, 3.8) is 0 Å². The summed E-state index contributed by atoms with van der Waals surface area (Å²) in [6.45, 7) is 25.6. The molecule has 2 fully saturated rings. The summed E-state index contributed by atoms with van der Waals surface area (Å²) in [5.74, 6) is -0.844. The Morgan fingerprint density at radius 3 is 1.11 bits per heavy atom. The molecule has 8 nitrogen and oxygen atoms in total. The Labute approximate surface area is 231 Å². The number of piperidine rings is 2. The van der Waals surface area contributed by atoms with E-state index in [-0.39, 0.29) is 60.4 Å². The van der Waals surface area contributed by atoms with Crippen molar-refractivity contribution in [3.05, 3.63) is 0 Å². The van der Waals surface area contributed by atoms with Crippen molar-refractivity contribution in [1.82, 2.24) is 9.80 Å². The maximum absolute atomic E-state index is 12.6. The van der Waals surface area contributed by atoms with Gasteiger partial charge in [-0.2, -0.15) is 0 Å². The molecule has 2 N–H and O–H groups in total. The number of carbonyl (C=O) groups excluding carboxylic acids is 2. The summed E-state index contributed by atoms with van der Waals surface area (Å²) in [6.07, 6.45) is 1.84. The summed E-state index contributed by atoms with van der Waals surface area (Å²) < 4.78 is 11.3. The zero-order valence-electron chi connectivity index (χ0n) is 26.2. The van der Waals surface area contributed by atoms with E-state index in [1.165, 1.54) is 0 Å². The summed E-state index contributed by atoms with van der Waals surface area (Å²) in [6, 6.07) is 0. The number of aliphatic hydroxyl groups is 2. The minimum atomic E-state index is -0.449. The molecule has 2 rings (SSSR count). The number of esters is 2. The van der Waals surface area contributed by atoms with E-state index in [4.69, 9.17) is 9.47 Å². The van der Waals surface area contributed by atoms with Gasteiger partial charge >= 0.3 is 11.9 Å². The molecular formula is C30H56N2O6. The number of ether oxygens (including phenoxy) is 2. The van der Waals surface area contributed by atoms with Gasteiger partial charge in [-0.3, -0.25) is 19.4 Å². The Kier molecular flexibility index (Phi) is 9.53. The highest BCUT2D eigenvalue weighted by Crippen LogP contribution is 2.44. The number of aliphatic hydroxyl groups excluding tert-OH is 2. The van der Waals surface area contributed by atoms with Crippen LogP contribution in [0.15, 0.2) is 0 Å². The van der Waals surface area contributed by atoms with Crippen LogP contribution in [0, 0.1) is 0 Å². The Hall–Kier alpha value is -1.22. The first-order valence-corrected chi connectivity index (χ1v) is 14.2. The Bertz CT molecular complexity index is 755. The second kappa shape index (κ2) is 11.0. The van der Waals surface area contributed by atoms with E-state index in [2.05, 4.69) is 92.9 Å². The maximum atomic E-state index is 12.6. The van der Waals surface area contributed by atoms with Crippen molar-refractivity contribution in [2.45, 2.75) is 167 Å². The minimum Gasteiger partial charge on any atom is -0.464 e. The molecular weight excluding hydrogens is 484 g/mol. The van der Waals surface area contributed by atoms with E-state index in [0.717, 1.165) is 0 Å². The van der Waals surface area contributed by atoms with Crippen molar-refractivity contribution in [2.75, 3.05) is 13.2 Å². The first kappa shape index (κ1) is 33.0. The molecule has 8 heteroatoms. The molecule has 0 amide bonds. The predicted molar refractivity (Wildman–Crippen MR) is 150 cm³/mol. The van der Waals surface area contributed by atoms with Gasteiger partial charge in [0.15, 0.2) is 0 Å². The molecule has 0 radical (unpaired) electrons. The van der Waals surface area contributed by atoms with Crippen LogP contribution < -0.4 is 0 Å². The molecule has 2 heterocycles. The van der Waals surface area contributed by atoms with E-state index in [9.17, 15) is 19.8 Å². The monoisotopic (exact) mass is 540 g/mol. The Morgan fingerprint density at radius 2 is 0.868 bits per heavy atom. The zero-order valence-corrected chi connectivity index (χ0v) is 26.2. The van der Waals surface area contributed by atoms with Crippen LogP contribution in [0.3, 0.4) is 0 Å². The van der Waals surface area contributed by atoms with Gasteiger partial charge in [-0.1, -0.05) is 0 Å². The van der Waals surface area contributed by atoms with Crippen LogP contribution in [-0.2, 0) is 19.1 Å². The molecule has 38 heavy (non-hydrogen) atoms. The minimum absolute atomic E-state index is 0.0340. The number of hydrogen-bond donors (Lipinski definition) is 2. The van der Waals surface area contributed by atoms with Crippen LogP contribution in [0.1, 0.15) is 122 Å². The SMILES string of the molecule is CC(C)(COC(=O)CCC(=O)OCC(C)(C)N1C(C)(C)CC(O)CC1(C)C)N1C(C)(C)CC(O)CC1(C)C. The van der Waals surface area contributed by atoms with Crippen LogP contribution in [0.25, 0.3) is 0 Å². The average molecular weight is 541 g/mol. The quantitative estimate of drug-likeness (QED) is 0.414. The van der Waals surface area contributed by atoms with E-state index >= 15 is 0 Å². The predicted octanol–water partition coefficient (Wildman–Crippen LogP) is 4.44. The van der Waals surface area contributed by atoms with Crippen molar-refractivity contribution in [1.29, 1.82) is 0 Å². The van der Waals surface area contributed by atoms with Gasteiger partial charge in [0.2, 0.25) is 0 Å². The van der Waals surface area contributed by atoms with Crippen LogP contribution in [0.5, 0.6) is 0 Å². The molecule has 0 unspecified atom stereocenters. The molecule has 0 saturated carbocycles. The molecule has 222 valence electrons. The van der Waals surface area contributed by atoms with E-state index in [0.29, 0.717) is 25.7 Å². The fourth-order valence-electron chi connectivity index (χ4n) is 8.72. The van der Waals surface area contributed by atoms with Gasteiger partial charge in [0.05, 0.1) is 36.1 Å². The van der Waals surface area contributed by atoms with Crippen molar-refractivity contribution in [3.8, 4) is 0 Å². The molecule has 0 bridgehead atoms. The molecule has 2 aliphatic rings. The molecule has 0 aliphatic carbocycles. The normalized spacial score (nSPS) is 24.7. The number of hydrogen-bond acceptors (Lipinski definition) is 8. The van der Waals surface area contributed by atoms with Gasteiger partial charge in [0.1, 0.15) is 13.2 Å². The summed E-state index contributed by atoms with van der Waals surface area (Å²) in [5.41, 5.74) is -1.94. The van der Waals surface area contributed by atoms with E-state index in [1.54, 1.807) is 0 Å². The molecule has 2 aliphatic heterocycles. The average Bonchev–Trinajstić information content (AvgIpc) is 2.63. The molecule has 0 atom stereocenters. The number of likely N-dealkylation sites (tertiary alicyclic amines) is 2. The Balaban J connectivity index is 1.90. The second-order valence-electron chi connectivity index (χ2n) is 15.5. The van der Waals surface area contributed by atoms with Crippen LogP contribution in [-0.4, -0.2) is 90.6 Å². The van der Waals surface area contributed by atoms with Gasteiger partial charge in [-0.25, -0.2) is 0 Å². The first-order valence-electron chi connectivity index (χ1n) is 14.2. The first-order chi connectivity index (χ1) is 16.9. The maximum Gasteiger partial charge on any atom is 0.306 e. The van der Waals surface area contributed by atoms with E-state index in [1.807, 2.05) is 0 Å². The van der Waals surface area contributed by atoms with Gasteiger partial charge in [0.25, 0.3) is 0 Å². The molecule has 2 saturated heterocycles. The lowest BCUT2D eigenvalue weighted by molar-refractivity contribution is -0.169. The summed E-state index contributed by atoms with van der Waals surface area (Å²) >= 11 is 0. The molecule has 0 spiro atoms.